The Morgan fingerprint density at radius 3 is 1.11 bits per heavy atom. The lowest BCUT2D eigenvalue weighted by atomic mass is 10.00. The van der Waals surface area contributed by atoms with Crippen molar-refractivity contribution in [3.8, 4) is 0 Å². The zero-order chi connectivity index (χ0) is 14.5. The summed E-state index contributed by atoms with van der Waals surface area (Å²) in [5.41, 5.74) is 3.31. The number of hydrogen-bond acceptors (Lipinski definition) is 0. The van der Waals surface area contributed by atoms with Gasteiger partial charge in [0.05, 0.1) is 8.07 Å². The lowest BCUT2D eigenvalue weighted by Gasteiger charge is -2.43. The molecule has 2 aliphatic rings. The molecule has 10 radical (unpaired) electrons. The third-order valence-corrected chi connectivity index (χ3v) is 8.88. The van der Waals surface area contributed by atoms with Gasteiger partial charge in [-0.3, -0.25) is 0 Å². The van der Waals surface area contributed by atoms with Crippen molar-refractivity contribution in [1.82, 2.24) is 0 Å². The van der Waals surface area contributed by atoms with Crippen LogP contribution in [0.1, 0.15) is 41.5 Å². The molecule has 1 heteroatoms. The van der Waals surface area contributed by atoms with Gasteiger partial charge >= 0.3 is 0 Å². The summed E-state index contributed by atoms with van der Waals surface area (Å²) in [6.45, 7) is 18.7. The maximum absolute atomic E-state index is 2.51. The quantitative estimate of drug-likeness (QED) is 0.624. The molecular weight excluding hydrogens is 244 g/mol. The van der Waals surface area contributed by atoms with E-state index in [9.17, 15) is 0 Å². The van der Waals surface area contributed by atoms with Crippen molar-refractivity contribution in [3.63, 3.8) is 0 Å². The van der Waals surface area contributed by atoms with E-state index in [-0.39, 0.29) is 0 Å². The highest BCUT2D eigenvalue weighted by Gasteiger charge is 2.55. The third kappa shape index (κ3) is 2.45. The highest BCUT2D eigenvalue weighted by Crippen LogP contribution is 2.59. The molecule has 2 rings (SSSR count). The molecule has 19 heavy (non-hydrogen) atoms. The first-order valence-corrected chi connectivity index (χ1v) is 10.2. The molecule has 0 nitrogen and oxygen atoms in total. The molecule has 0 bridgehead atoms. The average molecular weight is 270 g/mol. The van der Waals surface area contributed by atoms with Crippen LogP contribution in [0, 0.1) is 59.4 Å². The second-order valence-electron chi connectivity index (χ2n) is 6.65. The molecule has 0 saturated heterocycles. The summed E-state index contributed by atoms with van der Waals surface area (Å²) < 4.78 is 0. The Morgan fingerprint density at radius 1 is 0.579 bits per heavy atom. The smallest absolute Gasteiger partial charge is 0.0633 e. The molecule has 2 saturated carbocycles. The lowest BCUT2D eigenvalue weighted by molar-refractivity contribution is 0.998. The summed E-state index contributed by atoms with van der Waals surface area (Å²) in [6, 6.07) is 0. The molecule has 2 aliphatic carbocycles. The molecule has 0 atom stereocenters. The molecule has 0 aromatic rings. The van der Waals surface area contributed by atoms with Gasteiger partial charge in [-0.1, -0.05) is 54.6 Å². The van der Waals surface area contributed by atoms with Crippen LogP contribution in [0.5, 0.6) is 0 Å². The fraction of sp³-hybridized carbons (Fsp3) is 0.444. The third-order valence-electron chi connectivity index (χ3n) is 4.84. The van der Waals surface area contributed by atoms with Crippen LogP contribution in [-0.2, 0) is 0 Å². The molecule has 0 spiro atoms. The molecule has 102 valence electrons. The summed E-state index contributed by atoms with van der Waals surface area (Å²) in [4.78, 5) is 0. The Hall–Kier alpha value is 0.217. The van der Waals surface area contributed by atoms with Gasteiger partial charge in [-0.15, -0.1) is 0 Å². The number of hydrogen-bond donors (Lipinski definition) is 0. The van der Waals surface area contributed by atoms with E-state index in [0.29, 0.717) is 0 Å². The predicted octanol–water partition coefficient (Wildman–Crippen LogP) is 4.92. The van der Waals surface area contributed by atoms with Crippen LogP contribution in [0.2, 0.25) is 13.1 Å². The largest absolute Gasteiger partial charge is 0.0684 e. The van der Waals surface area contributed by atoms with Crippen molar-refractivity contribution in [1.29, 1.82) is 0 Å². The van der Waals surface area contributed by atoms with E-state index in [1.54, 1.807) is 11.1 Å². The van der Waals surface area contributed by atoms with Gasteiger partial charge in [0.15, 0.2) is 0 Å². The Bertz CT molecular complexity index is 292. The van der Waals surface area contributed by atoms with E-state index < -0.39 is 8.07 Å². The monoisotopic (exact) mass is 270 g/mol. The van der Waals surface area contributed by atoms with Gasteiger partial charge in [0.1, 0.15) is 0 Å². The fourth-order valence-electron chi connectivity index (χ4n) is 4.04. The predicted molar refractivity (Wildman–Crippen MR) is 86.1 cm³/mol. The van der Waals surface area contributed by atoms with Crippen LogP contribution in [-0.4, -0.2) is 8.07 Å². The minimum Gasteiger partial charge on any atom is -0.0684 e. The molecule has 0 N–H and O–H groups in total. The Kier molecular flexibility index (Phi) is 4.27. The van der Waals surface area contributed by atoms with Crippen molar-refractivity contribution in [3.05, 3.63) is 59.4 Å². The molecule has 0 aromatic heterocycles. The first kappa shape index (κ1) is 15.6. The van der Waals surface area contributed by atoms with E-state index in [1.807, 2.05) is 0 Å². The van der Waals surface area contributed by atoms with Crippen LogP contribution < -0.4 is 0 Å². The van der Waals surface area contributed by atoms with Gasteiger partial charge < -0.3 is 0 Å². The average Bonchev–Trinajstić information content (AvgIpc) is 2.66. The van der Waals surface area contributed by atoms with Crippen molar-refractivity contribution in [2.24, 2.45) is 0 Å². The van der Waals surface area contributed by atoms with E-state index >= 15 is 0 Å². The minimum absolute atomic E-state index is 1.45. The Morgan fingerprint density at radius 2 is 0.895 bits per heavy atom. The van der Waals surface area contributed by atoms with Gasteiger partial charge in [0, 0.05) is 0 Å². The standard InChI is InChI=1S/C18H26Si/c1-11-9-13(3)17(15(11)5)19(7,8)18-14(4)10-12(2)16(18)6/h9-10H,1-8H3. The van der Waals surface area contributed by atoms with E-state index in [4.69, 9.17) is 0 Å². The van der Waals surface area contributed by atoms with Crippen LogP contribution in [0.3, 0.4) is 0 Å². The highest BCUT2D eigenvalue weighted by molar-refractivity contribution is 6.90. The molecule has 0 aromatic carbocycles. The Balaban J connectivity index is 2.27. The summed E-state index contributed by atoms with van der Waals surface area (Å²) in [6.07, 6.45) is 4.72. The summed E-state index contributed by atoms with van der Waals surface area (Å²) >= 11 is 0. The summed E-state index contributed by atoms with van der Waals surface area (Å²) in [5, 5.41) is 0. The van der Waals surface area contributed by atoms with Crippen LogP contribution in [0.4, 0.5) is 0 Å². The van der Waals surface area contributed by atoms with E-state index in [2.05, 4.69) is 67.5 Å². The van der Waals surface area contributed by atoms with E-state index in [0.717, 1.165) is 0 Å². The topological polar surface area (TPSA) is 0 Å². The van der Waals surface area contributed by atoms with Crippen molar-refractivity contribution in [2.75, 3.05) is 0 Å². The van der Waals surface area contributed by atoms with Gasteiger partial charge in [0.25, 0.3) is 0 Å². The zero-order valence-corrected chi connectivity index (χ0v) is 14.7. The van der Waals surface area contributed by atoms with Crippen LogP contribution in [0.15, 0.2) is 0 Å². The summed E-state index contributed by atoms with van der Waals surface area (Å²) in [5.74, 6) is 8.92. The van der Waals surface area contributed by atoms with Gasteiger partial charge in [-0.2, -0.15) is 0 Å². The summed E-state index contributed by atoms with van der Waals surface area (Å²) in [7, 11) is -1.59. The molecule has 2 fully saturated rings. The molecular formula is C18H26Si. The first-order chi connectivity index (χ1) is 8.67. The second-order valence-corrected chi connectivity index (χ2v) is 10.9. The minimum atomic E-state index is -1.59. The lowest BCUT2D eigenvalue weighted by Crippen LogP contribution is -2.47. The fourth-order valence-corrected chi connectivity index (χ4v) is 8.68. The molecule has 0 aliphatic heterocycles. The van der Waals surface area contributed by atoms with Crippen LogP contribution in [0.25, 0.3) is 0 Å². The van der Waals surface area contributed by atoms with Crippen molar-refractivity contribution in [2.45, 2.75) is 54.6 Å². The first-order valence-electron chi connectivity index (χ1n) is 7.15. The van der Waals surface area contributed by atoms with Gasteiger partial charge in [-0.25, -0.2) is 0 Å². The zero-order valence-electron chi connectivity index (χ0n) is 13.7. The van der Waals surface area contributed by atoms with E-state index in [1.165, 1.54) is 35.5 Å². The molecule has 0 heterocycles. The second kappa shape index (κ2) is 5.20. The maximum atomic E-state index is 2.51. The van der Waals surface area contributed by atoms with Crippen LogP contribution >= 0.6 is 0 Å². The normalized spacial score (nSPS) is 29.1. The van der Waals surface area contributed by atoms with Gasteiger partial charge in [-0.05, 0) is 59.4 Å². The Labute approximate surface area is 122 Å². The maximum Gasteiger partial charge on any atom is 0.0633 e. The number of rotatable bonds is 2. The van der Waals surface area contributed by atoms with Crippen molar-refractivity contribution < 1.29 is 0 Å². The van der Waals surface area contributed by atoms with Gasteiger partial charge in [0.2, 0.25) is 0 Å². The van der Waals surface area contributed by atoms with Crippen molar-refractivity contribution >= 4 is 8.07 Å². The SMILES string of the molecule is C[C]1[CH][C](C)[C]([Si](C)(C)[C]2[C](C)[CH][C](C)[C]2C)[C]1C. The molecule has 0 unspecified atom stereocenters. The molecule has 0 amide bonds. The highest BCUT2D eigenvalue weighted by atomic mass is 28.3.